The number of hydrogen-bond donors (Lipinski definition) is 1. The maximum atomic E-state index is 12.9. The summed E-state index contributed by atoms with van der Waals surface area (Å²) in [5, 5.41) is 10.5. The highest BCUT2D eigenvalue weighted by Crippen LogP contribution is 2.45. The summed E-state index contributed by atoms with van der Waals surface area (Å²) in [4.78, 5) is 12.9. The Bertz CT molecular complexity index is 977. The van der Waals surface area contributed by atoms with E-state index in [1.54, 1.807) is 31.4 Å². The highest BCUT2D eigenvalue weighted by atomic mass is 79.9. The Labute approximate surface area is 154 Å². The molecule has 0 aliphatic heterocycles. The van der Waals surface area contributed by atoms with Crippen molar-refractivity contribution in [3.05, 3.63) is 49.7 Å². The molecule has 0 atom stereocenters. The number of ether oxygens (including phenoxy) is 2. The molecule has 124 valence electrons. The molecule has 1 aromatic heterocycles. The Morgan fingerprint density at radius 1 is 1.04 bits per heavy atom. The lowest BCUT2D eigenvalue weighted by Gasteiger charge is -2.12. The standard InChI is InChI=1S/C17H12Br2O5/c1-22-9-5-3-8(4-6-9)10-7-24-16-11(14(10)20)15(21)12(18)17(23-2)13(16)19/h3-7,21H,1-2H3. The zero-order chi connectivity index (χ0) is 17.4. The largest absolute Gasteiger partial charge is 0.506 e. The lowest BCUT2D eigenvalue weighted by Crippen LogP contribution is -2.06. The third-order valence-electron chi connectivity index (χ3n) is 3.64. The maximum Gasteiger partial charge on any atom is 0.204 e. The maximum absolute atomic E-state index is 12.9. The van der Waals surface area contributed by atoms with Crippen LogP contribution < -0.4 is 14.9 Å². The fourth-order valence-electron chi connectivity index (χ4n) is 2.41. The van der Waals surface area contributed by atoms with Gasteiger partial charge in [-0.3, -0.25) is 4.79 Å². The number of rotatable bonds is 3. The molecule has 24 heavy (non-hydrogen) atoms. The van der Waals surface area contributed by atoms with Crippen LogP contribution in [-0.4, -0.2) is 19.3 Å². The van der Waals surface area contributed by atoms with E-state index in [0.717, 1.165) is 0 Å². The summed E-state index contributed by atoms with van der Waals surface area (Å²) < 4.78 is 16.7. The van der Waals surface area contributed by atoms with Gasteiger partial charge in [0.15, 0.2) is 11.3 Å². The summed E-state index contributed by atoms with van der Waals surface area (Å²) in [6.07, 6.45) is 1.37. The second-order valence-electron chi connectivity index (χ2n) is 4.92. The molecule has 0 unspecified atom stereocenters. The number of phenolic OH excluding ortho intramolecular Hbond substituents is 1. The van der Waals surface area contributed by atoms with Gasteiger partial charge in [0.05, 0.1) is 19.8 Å². The molecule has 0 aliphatic carbocycles. The Balaban J connectivity index is 2.32. The molecule has 0 bridgehead atoms. The molecule has 5 nitrogen and oxygen atoms in total. The molecular formula is C17H12Br2O5. The number of benzene rings is 2. The van der Waals surface area contributed by atoms with E-state index in [4.69, 9.17) is 13.9 Å². The van der Waals surface area contributed by atoms with Gasteiger partial charge in [-0.05, 0) is 49.6 Å². The predicted molar refractivity (Wildman–Crippen MR) is 98.1 cm³/mol. The monoisotopic (exact) mass is 454 g/mol. The number of fused-ring (bicyclic) bond motifs is 1. The van der Waals surface area contributed by atoms with Crippen LogP contribution in [0.2, 0.25) is 0 Å². The first kappa shape index (κ1) is 16.9. The second-order valence-corrected chi connectivity index (χ2v) is 6.51. The van der Waals surface area contributed by atoms with Crippen LogP contribution in [0.5, 0.6) is 17.2 Å². The zero-order valence-electron chi connectivity index (χ0n) is 12.7. The number of phenols is 1. The minimum atomic E-state index is -0.344. The van der Waals surface area contributed by atoms with Gasteiger partial charge in [-0.1, -0.05) is 12.1 Å². The average molecular weight is 456 g/mol. The number of aromatic hydroxyl groups is 1. The molecule has 0 radical (unpaired) electrons. The van der Waals surface area contributed by atoms with Gasteiger partial charge in [0.1, 0.15) is 32.1 Å². The fraction of sp³-hybridized carbons (Fsp3) is 0.118. The van der Waals surface area contributed by atoms with E-state index < -0.39 is 0 Å². The number of halogens is 2. The zero-order valence-corrected chi connectivity index (χ0v) is 15.9. The third-order valence-corrected chi connectivity index (χ3v) is 5.10. The van der Waals surface area contributed by atoms with Gasteiger partial charge in [-0.15, -0.1) is 0 Å². The predicted octanol–water partition coefficient (Wildman–Crippen LogP) is 4.71. The van der Waals surface area contributed by atoms with Crippen molar-refractivity contribution in [2.45, 2.75) is 0 Å². The fourth-order valence-corrected chi connectivity index (χ4v) is 3.89. The van der Waals surface area contributed by atoms with Gasteiger partial charge in [0.2, 0.25) is 5.43 Å². The van der Waals surface area contributed by atoms with E-state index in [9.17, 15) is 9.90 Å². The average Bonchev–Trinajstić information content (AvgIpc) is 2.60. The normalized spacial score (nSPS) is 10.8. The molecule has 0 saturated heterocycles. The van der Waals surface area contributed by atoms with Crippen molar-refractivity contribution in [3.63, 3.8) is 0 Å². The van der Waals surface area contributed by atoms with Crippen molar-refractivity contribution in [1.29, 1.82) is 0 Å². The SMILES string of the molecule is COc1ccc(-c2coc3c(Br)c(OC)c(Br)c(O)c3c2=O)cc1. The molecule has 1 N–H and O–H groups in total. The Morgan fingerprint density at radius 2 is 1.71 bits per heavy atom. The second kappa shape index (κ2) is 6.49. The Kier molecular flexibility index (Phi) is 4.56. The summed E-state index contributed by atoms with van der Waals surface area (Å²) in [6, 6.07) is 7.00. The van der Waals surface area contributed by atoms with Gasteiger partial charge < -0.3 is 19.0 Å². The van der Waals surface area contributed by atoms with E-state index in [1.807, 2.05) is 0 Å². The molecule has 7 heteroatoms. The lowest BCUT2D eigenvalue weighted by molar-refractivity contribution is 0.401. The van der Waals surface area contributed by atoms with Crippen LogP contribution in [0.3, 0.4) is 0 Å². The van der Waals surface area contributed by atoms with Crippen molar-refractivity contribution in [2.75, 3.05) is 14.2 Å². The van der Waals surface area contributed by atoms with Crippen molar-refractivity contribution >= 4 is 42.8 Å². The first-order valence-corrected chi connectivity index (χ1v) is 8.42. The van der Waals surface area contributed by atoms with E-state index in [2.05, 4.69) is 31.9 Å². The van der Waals surface area contributed by atoms with Crippen LogP contribution in [0.15, 0.2) is 48.7 Å². The Morgan fingerprint density at radius 3 is 2.29 bits per heavy atom. The molecule has 0 amide bonds. The minimum Gasteiger partial charge on any atom is -0.506 e. The molecule has 0 saturated carbocycles. The van der Waals surface area contributed by atoms with Crippen LogP contribution in [0, 0.1) is 0 Å². The molecule has 2 aromatic carbocycles. The summed E-state index contributed by atoms with van der Waals surface area (Å²) in [6.45, 7) is 0. The van der Waals surface area contributed by atoms with Crippen molar-refractivity contribution in [2.24, 2.45) is 0 Å². The van der Waals surface area contributed by atoms with E-state index in [-0.39, 0.29) is 26.6 Å². The summed E-state index contributed by atoms with van der Waals surface area (Å²) in [5.74, 6) is 0.802. The van der Waals surface area contributed by atoms with Gasteiger partial charge in [-0.2, -0.15) is 0 Å². The first-order chi connectivity index (χ1) is 11.5. The Hall–Kier alpha value is -1.99. The summed E-state index contributed by atoms with van der Waals surface area (Å²) in [7, 11) is 3.03. The van der Waals surface area contributed by atoms with Crippen LogP contribution in [-0.2, 0) is 0 Å². The van der Waals surface area contributed by atoms with Crippen molar-refractivity contribution in [3.8, 4) is 28.4 Å². The topological polar surface area (TPSA) is 68.9 Å². The van der Waals surface area contributed by atoms with E-state index in [0.29, 0.717) is 27.1 Å². The molecule has 3 aromatic rings. The first-order valence-electron chi connectivity index (χ1n) is 6.83. The molecule has 0 aliphatic rings. The van der Waals surface area contributed by atoms with Gasteiger partial charge in [0.25, 0.3) is 0 Å². The van der Waals surface area contributed by atoms with Gasteiger partial charge >= 0.3 is 0 Å². The quantitative estimate of drug-likeness (QED) is 0.619. The molecule has 3 rings (SSSR count). The minimum absolute atomic E-state index is 0.0721. The summed E-state index contributed by atoms with van der Waals surface area (Å²) in [5.41, 5.74) is 0.871. The molecular weight excluding hydrogens is 444 g/mol. The smallest absolute Gasteiger partial charge is 0.204 e. The number of hydrogen-bond acceptors (Lipinski definition) is 5. The highest BCUT2D eigenvalue weighted by Gasteiger charge is 2.22. The lowest BCUT2D eigenvalue weighted by atomic mass is 10.0. The van der Waals surface area contributed by atoms with Gasteiger partial charge in [0, 0.05) is 0 Å². The van der Waals surface area contributed by atoms with Crippen LogP contribution >= 0.6 is 31.9 Å². The molecule has 0 fully saturated rings. The third kappa shape index (κ3) is 2.57. The van der Waals surface area contributed by atoms with Gasteiger partial charge in [-0.25, -0.2) is 0 Å². The number of methoxy groups -OCH3 is 2. The molecule has 1 heterocycles. The van der Waals surface area contributed by atoms with Crippen LogP contribution in [0.1, 0.15) is 0 Å². The molecule has 0 spiro atoms. The highest BCUT2D eigenvalue weighted by molar-refractivity contribution is 9.11. The summed E-state index contributed by atoms with van der Waals surface area (Å²) >= 11 is 6.59. The van der Waals surface area contributed by atoms with Crippen molar-refractivity contribution < 1.29 is 19.0 Å². The van der Waals surface area contributed by atoms with Crippen molar-refractivity contribution in [1.82, 2.24) is 0 Å². The van der Waals surface area contributed by atoms with E-state index in [1.165, 1.54) is 13.4 Å². The van der Waals surface area contributed by atoms with Crippen LogP contribution in [0.4, 0.5) is 0 Å². The van der Waals surface area contributed by atoms with Crippen LogP contribution in [0.25, 0.3) is 22.1 Å². The van der Waals surface area contributed by atoms with E-state index >= 15 is 0 Å².